The fourth-order valence-electron chi connectivity index (χ4n) is 6.38. The first-order valence-corrected chi connectivity index (χ1v) is 15.5. The molecule has 206 valence electrons. The Bertz CT molecular complexity index is 1400. The molecule has 3 aliphatic rings. The molecule has 0 radical (unpaired) electrons. The van der Waals surface area contributed by atoms with Crippen molar-refractivity contribution in [2.24, 2.45) is 0 Å². The molecule has 3 aromatic carbocycles. The van der Waals surface area contributed by atoms with E-state index in [-0.39, 0.29) is 11.8 Å². The van der Waals surface area contributed by atoms with Gasteiger partial charge in [-0.15, -0.1) is 0 Å². The average molecular weight is 553 g/mol. The SMILES string of the molecule is Cc1cccc(CN2C(=O)C(=Cc3ccc(C(=O)N4CC[NH+](C5CCCCC5)CC4)cc3)Sc3ccccc32)c1. The Labute approximate surface area is 241 Å². The van der Waals surface area contributed by atoms with Crippen LogP contribution in [0.3, 0.4) is 0 Å². The number of nitrogens with zero attached hydrogens (tertiary/aromatic N) is 2. The van der Waals surface area contributed by atoms with E-state index in [1.165, 1.54) is 49.4 Å². The molecule has 6 rings (SSSR count). The highest BCUT2D eigenvalue weighted by Crippen LogP contribution is 2.42. The minimum absolute atomic E-state index is 0.00342. The Kier molecular flexibility index (Phi) is 8.08. The van der Waals surface area contributed by atoms with E-state index in [9.17, 15) is 9.59 Å². The molecule has 2 heterocycles. The number of benzene rings is 3. The van der Waals surface area contributed by atoms with Crippen molar-refractivity contribution in [3.63, 3.8) is 0 Å². The molecular weight excluding hydrogens is 514 g/mol. The third-order valence-electron chi connectivity index (χ3n) is 8.59. The Morgan fingerprint density at radius 2 is 1.70 bits per heavy atom. The number of carbonyl (C=O) groups is 2. The zero-order chi connectivity index (χ0) is 27.5. The maximum Gasteiger partial charge on any atom is 0.265 e. The van der Waals surface area contributed by atoms with Crippen molar-refractivity contribution in [1.29, 1.82) is 0 Å². The summed E-state index contributed by atoms with van der Waals surface area (Å²) in [6.45, 7) is 6.37. The number of fused-ring (bicyclic) bond motifs is 1. The first-order valence-electron chi connectivity index (χ1n) is 14.6. The molecule has 0 aromatic heterocycles. The van der Waals surface area contributed by atoms with E-state index in [2.05, 4.69) is 31.2 Å². The monoisotopic (exact) mass is 552 g/mol. The van der Waals surface area contributed by atoms with Crippen LogP contribution in [0.2, 0.25) is 0 Å². The number of thioether (sulfide) groups is 1. The van der Waals surface area contributed by atoms with Crippen molar-refractivity contribution in [3.8, 4) is 0 Å². The number of piperazine rings is 1. The van der Waals surface area contributed by atoms with E-state index in [0.717, 1.165) is 59.5 Å². The predicted octanol–water partition coefficient (Wildman–Crippen LogP) is 5.35. The number of nitrogens with one attached hydrogen (secondary N) is 1. The van der Waals surface area contributed by atoms with Gasteiger partial charge < -0.3 is 14.7 Å². The van der Waals surface area contributed by atoms with E-state index in [4.69, 9.17) is 0 Å². The second-order valence-corrected chi connectivity index (χ2v) is 12.4. The summed E-state index contributed by atoms with van der Waals surface area (Å²) in [6.07, 6.45) is 8.74. The summed E-state index contributed by atoms with van der Waals surface area (Å²) in [5.41, 5.74) is 4.88. The molecule has 2 fully saturated rings. The van der Waals surface area contributed by atoms with Crippen molar-refractivity contribution in [3.05, 3.63) is 100.0 Å². The van der Waals surface area contributed by atoms with Gasteiger partial charge in [0.15, 0.2) is 0 Å². The minimum Gasteiger partial charge on any atom is -0.330 e. The molecule has 0 atom stereocenters. The van der Waals surface area contributed by atoms with Crippen molar-refractivity contribution < 1.29 is 14.5 Å². The van der Waals surface area contributed by atoms with Crippen LogP contribution in [0, 0.1) is 6.92 Å². The zero-order valence-electron chi connectivity index (χ0n) is 23.3. The van der Waals surface area contributed by atoms with E-state index < -0.39 is 0 Å². The van der Waals surface area contributed by atoms with Gasteiger partial charge in [0, 0.05) is 10.5 Å². The summed E-state index contributed by atoms with van der Waals surface area (Å²) in [5.74, 6) is 0.118. The van der Waals surface area contributed by atoms with Gasteiger partial charge in [0.25, 0.3) is 11.8 Å². The molecular formula is C34H38N3O2S+. The first kappa shape index (κ1) is 26.9. The van der Waals surface area contributed by atoms with Crippen molar-refractivity contribution in [1.82, 2.24) is 4.90 Å². The second-order valence-electron chi connectivity index (χ2n) is 11.4. The maximum absolute atomic E-state index is 13.7. The molecule has 3 aromatic rings. The van der Waals surface area contributed by atoms with Gasteiger partial charge in [-0.1, -0.05) is 72.3 Å². The van der Waals surface area contributed by atoms with Gasteiger partial charge in [-0.3, -0.25) is 9.59 Å². The normalized spacial score (nSPS) is 19.6. The molecule has 1 N–H and O–H groups in total. The number of anilines is 1. The molecule has 0 bridgehead atoms. The first-order chi connectivity index (χ1) is 19.5. The van der Waals surface area contributed by atoms with Gasteiger partial charge >= 0.3 is 0 Å². The highest BCUT2D eigenvalue weighted by molar-refractivity contribution is 8.04. The topological polar surface area (TPSA) is 45.1 Å². The van der Waals surface area contributed by atoms with Crippen LogP contribution in [0.15, 0.2) is 82.6 Å². The summed E-state index contributed by atoms with van der Waals surface area (Å²) in [7, 11) is 0. The lowest BCUT2D eigenvalue weighted by atomic mass is 9.94. The van der Waals surface area contributed by atoms with E-state index in [1.807, 2.05) is 64.4 Å². The number of para-hydroxylation sites is 1. The molecule has 1 saturated heterocycles. The van der Waals surface area contributed by atoms with Crippen LogP contribution in [0.4, 0.5) is 5.69 Å². The standard InChI is InChI=1S/C34H37N3O2S/c1-25-8-7-9-27(22-25)24-37-30-12-5-6-13-31(30)40-32(34(37)39)23-26-14-16-28(17-15-26)33(38)36-20-18-35(19-21-36)29-10-3-2-4-11-29/h5-9,12-17,22-23,29H,2-4,10-11,18-21,24H2,1H3/p+1. The van der Waals surface area contributed by atoms with Crippen molar-refractivity contribution >= 4 is 35.3 Å². The lowest BCUT2D eigenvalue weighted by Crippen LogP contribution is -3.18. The number of rotatable bonds is 5. The van der Waals surface area contributed by atoms with Gasteiger partial charge in [-0.2, -0.15) is 0 Å². The Morgan fingerprint density at radius 1 is 0.950 bits per heavy atom. The fraction of sp³-hybridized carbons (Fsp3) is 0.353. The lowest BCUT2D eigenvalue weighted by Gasteiger charge is -2.38. The summed E-state index contributed by atoms with van der Waals surface area (Å²) < 4.78 is 0. The van der Waals surface area contributed by atoms with Gasteiger partial charge in [0.1, 0.15) is 0 Å². The highest BCUT2D eigenvalue weighted by atomic mass is 32.2. The number of hydrogen-bond acceptors (Lipinski definition) is 3. The highest BCUT2D eigenvalue weighted by Gasteiger charge is 2.31. The van der Waals surface area contributed by atoms with Gasteiger partial charge in [0.2, 0.25) is 0 Å². The van der Waals surface area contributed by atoms with Gasteiger partial charge in [-0.05, 0) is 74.1 Å². The largest absolute Gasteiger partial charge is 0.330 e. The van der Waals surface area contributed by atoms with E-state index >= 15 is 0 Å². The van der Waals surface area contributed by atoms with Crippen LogP contribution in [0.5, 0.6) is 0 Å². The molecule has 1 saturated carbocycles. The van der Waals surface area contributed by atoms with Gasteiger partial charge in [0.05, 0.1) is 49.4 Å². The molecule has 0 spiro atoms. The molecule has 2 aliphatic heterocycles. The van der Waals surface area contributed by atoms with E-state index in [1.54, 1.807) is 4.90 Å². The average Bonchev–Trinajstić information content (AvgIpc) is 3.00. The zero-order valence-corrected chi connectivity index (χ0v) is 24.1. The summed E-state index contributed by atoms with van der Waals surface area (Å²) >= 11 is 1.51. The smallest absolute Gasteiger partial charge is 0.265 e. The van der Waals surface area contributed by atoms with Crippen LogP contribution in [0.1, 0.15) is 59.2 Å². The molecule has 0 unspecified atom stereocenters. The Morgan fingerprint density at radius 3 is 2.45 bits per heavy atom. The molecule has 5 nitrogen and oxygen atoms in total. The number of amides is 2. The summed E-state index contributed by atoms with van der Waals surface area (Å²) in [5, 5.41) is 0. The second kappa shape index (κ2) is 12.0. The number of aryl methyl sites for hydroxylation is 1. The van der Waals surface area contributed by atoms with Crippen LogP contribution in [-0.4, -0.2) is 48.9 Å². The van der Waals surface area contributed by atoms with Gasteiger partial charge in [-0.25, -0.2) is 0 Å². The van der Waals surface area contributed by atoms with Crippen LogP contribution in [-0.2, 0) is 11.3 Å². The number of quaternary nitrogens is 1. The van der Waals surface area contributed by atoms with Crippen LogP contribution < -0.4 is 9.80 Å². The summed E-state index contributed by atoms with van der Waals surface area (Å²) in [4.78, 5) is 34.3. The van der Waals surface area contributed by atoms with Crippen LogP contribution in [0.25, 0.3) is 6.08 Å². The summed E-state index contributed by atoms with van der Waals surface area (Å²) in [6, 6.07) is 24.9. The van der Waals surface area contributed by atoms with E-state index in [0.29, 0.717) is 11.4 Å². The molecule has 6 heteroatoms. The Balaban J connectivity index is 1.15. The number of carbonyl (C=O) groups excluding carboxylic acids is 2. The quantitative estimate of drug-likeness (QED) is 0.434. The Hall–Kier alpha value is -3.35. The van der Waals surface area contributed by atoms with Crippen molar-refractivity contribution in [2.75, 3.05) is 31.1 Å². The minimum atomic E-state index is 0.00342. The molecule has 2 amide bonds. The maximum atomic E-state index is 13.7. The third kappa shape index (κ3) is 5.89. The fourth-order valence-corrected chi connectivity index (χ4v) is 7.44. The number of hydrogen-bond donors (Lipinski definition) is 1. The third-order valence-corrected chi connectivity index (χ3v) is 9.66. The van der Waals surface area contributed by atoms with Crippen LogP contribution >= 0.6 is 11.8 Å². The lowest BCUT2D eigenvalue weighted by molar-refractivity contribution is -0.930. The molecule has 40 heavy (non-hydrogen) atoms. The predicted molar refractivity (Wildman–Crippen MR) is 163 cm³/mol. The van der Waals surface area contributed by atoms with Crippen molar-refractivity contribution in [2.45, 2.75) is 56.5 Å². The molecule has 1 aliphatic carbocycles.